The number of amides is 1. The van der Waals surface area contributed by atoms with Crippen molar-refractivity contribution in [3.05, 3.63) is 83.0 Å². The number of carbonyl (C=O) groups is 1. The number of anilines is 1. The lowest BCUT2D eigenvalue weighted by Gasteiger charge is -2.12. The maximum Gasteiger partial charge on any atom is 0.257 e. The number of pyridine rings is 1. The number of aryl methyl sites for hydroxylation is 1. The summed E-state index contributed by atoms with van der Waals surface area (Å²) in [5, 5.41) is 5.29. The van der Waals surface area contributed by atoms with Crippen LogP contribution >= 0.6 is 11.3 Å². The van der Waals surface area contributed by atoms with Crippen molar-refractivity contribution in [2.45, 2.75) is 18.4 Å². The molecule has 0 radical (unpaired) electrons. The highest BCUT2D eigenvalue weighted by atomic mass is 32.2. The zero-order chi connectivity index (χ0) is 25.9. The summed E-state index contributed by atoms with van der Waals surface area (Å²) < 4.78 is 29.5. The van der Waals surface area contributed by atoms with Gasteiger partial charge in [0.2, 0.25) is 0 Å². The van der Waals surface area contributed by atoms with Gasteiger partial charge < -0.3 is 9.64 Å². The lowest BCUT2D eigenvalue weighted by molar-refractivity contribution is 0.102. The molecule has 0 unspecified atom stereocenters. The molecule has 186 valence electrons. The van der Waals surface area contributed by atoms with Gasteiger partial charge in [-0.2, -0.15) is 0 Å². The normalized spacial score (nSPS) is 11.5. The minimum absolute atomic E-state index is 0.199. The van der Waals surface area contributed by atoms with Gasteiger partial charge in [0.25, 0.3) is 5.91 Å². The SMILES string of the molecule is Cc1cccnc1-c1cc(Oc2ccc(S(C)(=O)=O)cc2)cc(C(=O)Nc2nc(CN(C)C)cs2)c1. The second kappa shape index (κ2) is 10.6. The highest BCUT2D eigenvalue weighted by Crippen LogP contribution is 2.31. The van der Waals surface area contributed by atoms with Gasteiger partial charge in [0.05, 0.1) is 16.3 Å². The van der Waals surface area contributed by atoms with Gasteiger partial charge in [-0.3, -0.25) is 15.1 Å². The molecule has 0 aliphatic carbocycles. The number of aromatic nitrogens is 2. The third kappa shape index (κ3) is 6.34. The lowest BCUT2D eigenvalue weighted by atomic mass is 10.0. The summed E-state index contributed by atoms with van der Waals surface area (Å²) in [6.07, 6.45) is 2.85. The number of nitrogens with zero attached hydrogens (tertiary/aromatic N) is 3. The summed E-state index contributed by atoms with van der Waals surface area (Å²) in [6, 6.07) is 15.1. The van der Waals surface area contributed by atoms with Crippen LogP contribution in [0.1, 0.15) is 21.6 Å². The molecule has 2 aromatic carbocycles. The molecule has 0 aliphatic rings. The Balaban J connectivity index is 1.66. The van der Waals surface area contributed by atoms with E-state index in [1.807, 2.05) is 43.4 Å². The minimum atomic E-state index is -3.32. The first-order valence-corrected chi connectivity index (χ1v) is 13.8. The molecule has 0 aliphatic heterocycles. The van der Waals surface area contributed by atoms with Gasteiger partial charge in [-0.05, 0) is 75.1 Å². The number of hydrogen-bond donors (Lipinski definition) is 1. The molecule has 0 spiro atoms. The Hall–Kier alpha value is -3.60. The summed E-state index contributed by atoms with van der Waals surface area (Å²) in [5.74, 6) is 0.535. The molecule has 0 fully saturated rings. The van der Waals surface area contributed by atoms with E-state index < -0.39 is 9.84 Å². The standard InChI is InChI=1S/C26H26N4O4S2/c1-17-6-5-11-27-24(17)18-12-19(25(31)29-26-28-20(16-35-26)15-30(2)3)14-22(13-18)34-21-7-9-23(10-8-21)36(4,32)33/h5-14,16H,15H2,1-4H3,(H,28,29,31). The van der Waals surface area contributed by atoms with Crippen LogP contribution in [0.2, 0.25) is 0 Å². The Morgan fingerprint density at radius 1 is 1.08 bits per heavy atom. The van der Waals surface area contributed by atoms with Crippen LogP contribution in [0.3, 0.4) is 0 Å². The highest BCUT2D eigenvalue weighted by molar-refractivity contribution is 7.90. The molecule has 0 bridgehead atoms. The van der Waals surface area contributed by atoms with E-state index in [0.717, 1.165) is 28.8 Å². The van der Waals surface area contributed by atoms with Crippen molar-refractivity contribution in [3.8, 4) is 22.8 Å². The number of hydrogen-bond acceptors (Lipinski definition) is 8. The van der Waals surface area contributed by atoms with Gasteiger partial charge in [-0.15, -0.1) is 11.3 Å². The molecular formula is C26H26N4O4S2. The van der Waals surface area contributed by atoms with Crippen LogP contribution in [0, 0.1) is 6.92 Å². The van der Waals surface area contributed by atoms with Crippen LogP contribution in [0.4, 0.5) is 5.13 Å². The topological polar surface area (TPSA) is 101 Å². The van der Waals surface area contributed by atoms with Gasteiger partial charge >= 0.3 is 0 Å². The lowest BCUT2D eigenvalue weighted by Crippen LogP contribution is -2.13. The molecule has 4 rings (SSSR count). The van der Waals surface area contributed by atoms with Crippen molar-refractivity contribution in [2.24, 2.45) is 0 Å². The highest BCUT2D eigenvalue weighted by Gasteiger charge is 2.15. The van der Waals surface area contributed by atoms with Crippen molar-refractivity contribution in [1.82, 2.24) is 14.9 Å². The predicted octanol–water partition coefficient (Wildman–Crippen LogP) is 5.02. The monoisotopic (exact) mass is 522 g/mol. The Morgan fingerprint density at radius 2 is 1.83 bits per heavy atom. The van der Waals surface area contributed by atoms with Crippen molar-refractivity contribution in [2.75, 3.05) is 25.7 Å². The van der Waals surface area contributed by atoms with Crippen LogP contribution in [0.25, 0.3) is 11.3 Å². The number of sulfone groups is 1. The van der Waals surface area contributed by atoms with E-state index in [2.05, 4.69) is 15.3 Å². The van der Waals surface area contributed by atoms with Crippen LogP contribution in [-0.4, -0.2) is 49.5 Å². The van der Waals surface area contributed by atoms with Gasteiger partial charge in [0.1, 0.15) is 11.5 Å². The molecule has 8 nitrogen and oxygen atoms in total. The van der Waals surface area contributed by atoms with Gasteiger partial charge in [-0.25, -0.2) is 13.4 Å². The Labute approximate surface area is 214 Å². The first-order chi connectivity index (χ1) is 17.1. The zero-order valence-electron chi connectivity index (χ0n) is 20.3. The van der Waals surface area contributed by atoms with Crippen LogP contribution in [-0.2, 0) is 16.4 Å². The summed E-state index contributed by atoms with van der Waals surface area (Å²) in [4.78, 5) is 24.3. The minimum Gasteiger partial charge on any atom is -0.457 e. The van der Waals surface area contributed by atoms with Crippen LogP contribution < -0.4 is 10.1 Å². The summed E-state index contributed by atoms with van der Waals surface area (Å²) >= 11 is 1.37. The molecule has 4 aromatic rings. The Morgan fingerprint density at radius 3 is 2.50 bits per heavy atom. The van der Waals surface area contributed by atoms with Gasteiger partial charge in [0, 0.05) is 35.5 Å². The molecular weight excluding hydrogens is 496 g/mol. The zero-order valence-corrected chi connectivity index (χ0v) is 22.0. The van der Waals surface area contributed by atoms with Crippen molar-refractivity contribution in [1.29, 1.82) is 0 Å². The van der Waals surface area contributed by atoms with Crippen LogP contribution in [0.15, 0.2) is 71.1 Å². The van der Waals surface area contributed by atoms with E-state index in [-0.39, 0.29) is 10.8 Å². The van der Waals surface area contributed by atoms with E-state index in [1.54, 1.807) is 36.5 Å². The number of rotatable bonds is 8. The quantitative estimate of drug-likeness (QED) is 0.347. The van der Waals surface area contributed by atoms with E-state index in [9.17, 15) is 13.2 Å². The maximum atomic E-state index is 13.2. The fraction of sp³-hybridized carbons (Fsp3) is 0.192. The van der Waals surface area contributed by atoms with E-state index in [0.29, 0.717) is 28.7 Å². The molecule has 1 amide bonds. The predicted molar refractivity (Wildman–Crippen MR) is 141 cm³/mol. The molecule has 10 heteroatoms. The molecule has 36 heavy (non-hydrogen) atoms. The molecule has 0 saturated carbocycles. The second-order valence-electron chi connectivity index (χ2n) is 8.60. The first-order valence-electron chi connectivity index (χ1n) is 11.0. The average molecular weight is 523 g/mol. The number of nitrogens with one attached hydrogen (secondary N) is 1. The summed E-state index contributed by atoms with van der Waals surface area (Å²) in [6.45, 7) is 2.62. The van der Waals surface area contributed by atoms with E-state index in [1.165, 1.54) is 23.5 Å². The average Bonchev–Trinajstić information content (AvgIpc) is 3.24. The molecule has 2 heterocycles. The summed E-state index contributed by atoms with van der Waals surface area (Å²) in [5.41, 5.74) is 3.65. The van der Waals surface area contributed by atoms with E-state index in [4.69, 9.17) is 4.74 Å². The fourth-order valence-electron chi connectivity index (χ4n) is 3.53. The molecule has 0 saturated heterocycles. The number of thiazole rings is 1. The van der Waals surface area contributed by atoms with Gasteiger partial charge in [0.15, 0.2) is 15.0 Å². The van der Waals surface area contributed by atoms with Gasteiger partial charge in [-0.1, -0.05) is 6.07 Å². The third-order valence-electron chi connectivity index (χ3n) is 5.19. The maximum absolute atomic E-state index is 13.2. The molecule has 0 atom stereocenters. The summed E-state index contributed by atoms with van der Waals surface area (Å²) in [7, 11) is 0.597. The van der Waals surface area contributed by atoms with Crippen LogP contribution in [0.5, 0.6) is 11.5 Å². The third-order valence-corrected chi connectivity index (χ3v) is 7.12. The number of carbonyl (C=O) groups excluding carboxylic acids is 1. The first kappa shape index (κ1) is 25.5. The van der Waals surface area contributed by atoms with Crippen molar-refractivity contribution in [3.63, 3.8) is 0 Å². The van der Waals surface area contributed by atoms with E-state index >= 15 is 0 Å². The number of ether oxygens (including phenoxy) is 1. The fourth-order valence-corrected chi connectivity index (χ4v) is 4.86. The van der Waals surface area contributed by atoms with Crippen molar-refractivity contribution >= 4 is 32.2 Å². The second-order valence-corrected chi connectivity index (χ2v) is 11.5. The Kier molecular flexibility index (Phi) is 7.48. The smallest absolute Gasteiger partial charge is 0.257 e. The van der Waals surface area contributed by atoms with Crippen molar-refractivity contribution < 1.29 is 17.9 Å². The molecule has 2 aromatic heterocycles. The molecule has 1 N–H and O–H groups in total. The number of benzene rings is 2. The Bertz CT molecular complexity index is 1500. The largest absolute Gasteiger partial charge is 0.457 e.